The number of pyridine rings is 1. The van der Waals surface area contributed by atoms with Crippen molar-refractivity contribution >= 4 is 11.5 Å². The highest BCUT2D eigenvalue weighted by molar-refractivity contribution is 5.51. The molecule has 0 spiro atoms. The zero-order chi connectivity index (χ0) is 11.6. The maximum absolute atomic E-state index is 12.4. The molecule has 4 N–H and O–H groups in total. The molecule has 15 heavy (non-hydrogen) atoms. The van der Waals surface area contributed by atoms with Gasteiger partial charge in [-0.3, -0.25) is 10.1 Å². The number of anilines is 1. The summed E-state index contributed by atoms with van der Waals surface area (Å²) in [5, 5.41) is 10.6. The number of hydrogen-bond donors (Lipinski definition) is 2. The van der Waals surface area contributed by atoms with Gasteiger partial charge in [0, 0.05) is 12.1 Å². The van der Waals surface area contributed by atoms with Crippen LogP contribution in [0.3, 0.4) is 0 Å². The van der Waals surface area contributed by atoms with Crippen LogP contribution in [0.4, 0.5) is 20.3 Å². The molecule has 0 saturated heterocycles. The average Bonchev–Trinajstić information content (AvgIpc) is 2.15. The molecule has 82 valence electrons. The molecule has 0 radical (unpaired) electrons. The van der Waals surface area contributed by atoms with E-state index in [0.29, 0.717) is 0 Å². The van der Waals surface area contributed by atoms with Crippen LogP contribution in [0.25, 0.3) is 0 Å². The quantitative estimate of drug-likeness (QED) is 0.580. The van der Waals surface area contributed by atoms with Gasteiger partial charge in [-0.2, -0.15) is 0 Å². The molecule has 1 aromatic heterocycles. The Kier molecular flexibility index (Phi) is 3.10. The van der Waals surface area contributed by atoms with E-state index in [4.69, 9.17) is 11.5 Å². The summed E-state index contributed by atoms with van der Waals surface area (Å²) in [6.45, 7) is -0.247. The van der Waals surface area contributed by atoms with Gasteiger partial charge in [-0.25, -0.2) is 13.8 Å². The summed E-state index contributed by atoms with van der Waals surface area (Å²) in [6, 6.07) is 1.12. The maximum Gasteiger partial charge on any atom is 0.301 e. The van der Waals surface area contributed by atoms with E-state index in [-0.39, 0.29) is 17.9 Å². The Morgan fingerprint density at radius 3 is 2.60 bits per heavy atom. The van der Waals surface area contributed by atoms with Crippen LogP contribution in [-0.4, -0.2) is 9.91 Å². The van der Waals surface area contributed by atoms with E-state index >= 15 is 0 Å². The predicted octanol–water partition coefficient (Wildman–Crippen LogP) is 0.968. The van der Waals surface area contributed by atoms with Crippen molar-refractivity contribution in [1.82, 2.24) is 4.98 Å². The van der Waals surface area contributed by atoms with Crippen molar-refractivity contribution in [3.8, 4) is 0 Å². The summed E-state index contributed by atoms with van der Waals surface area (Å²) in [5.74, 6) is -0.212. The molecule has 0 atom stereocenters. The highest BCUT2D eigenvalue weighted by atomic mass is 19.3. The molecule has 0 bridgehead atoms. The minimum atomic E-state index is -3.06. The van der Waals surface area contributed by atoms with Crippen LogP contribution in [0.5, 0.6) is 0 Å². The van der Waals surface area contributed by atoms with Gasteiger partial charge in [0.2, 0.25) is 0 Å². The number of nitrogens with two attached hydrogens (primary N) is 2. The van der Waals surface area contributed by atoms with Crippen LogP contribution in [-0.2, 0) is 6.54 Å². The Morgan fingerprint density at radius 2 is 2.20 bits per heavy atom. The molecule has 0 aliphatic heterocycles. The Morgan fingerprint density at radius 1 is 1.60 bits per heavy atom. The van der Waals surface area contributed by atoms with E-state index in [1.165, 1.54) is 0 Å². The first-order chi connectivity index (χ1) is 6.97. The van der Waals surface area contributed by atoms with Gasteiger partial charge in [-0.05, 0) is 6.07 Å². The second-order valence-electron chi connectivity index (χ2n) is 2.70. The highest BCUT2D eigenvalue weighted by Gasteiger charge is 2.27. The van der Waals surface area contributed by atoms with Gasteiger partial charge < -0.3 is 11.5 Å². The Hall–Kier alpha value is -1.83. The number of alkyl halides is 2. The number of halogens is 2. The third-order valence-electron chi connectivity index (χ3n) is 1.73. The van der Waals surface area contributed by atoms with Crippen molar-refractivity contribution in [2.45, 2.75) is 13.0 Å². The molecule has 0 unspecified atom stereocenters. The number of nitro groups is 1. The van der Waals surface area contributed by atoms with Crippen molar-refractivity contribution in [2.75, 3.05) is 5.73 Å². The zero-order valence-corrected chi connectivity index (χ0v) is 7.48. The van der Waals surface area contributed by atoms with Crippen LogP contribution in [0, 0.1) is 10.1 Å². The first-order valence-corrected chi connectivity index (χ1v) is 3.89. The van der Waals surface area contributed by atoms with Crippen LogP contribution >= 0.6 is 0 Å². The van der Waals surface area contributed by atoms with Crippen molar-refractivity contribution in [1.29, 1.82) is 0 Å². The lowest BCUT2D eigenvalue weighted by molar-refractivity contribution is -0.387. The lowest BCUT2D eigenvalue weighted by Gasteiger charge is -2.06. The molecule has 0 fully saturated rings. The average molecular weight is 218 g/mol. The summed E-state index contributed by atoms with van der Waals surface area (Å²) < 4.78 is 24.8. The molecular formula is C7H8F2N4O2. The van der Waals surface area contributed by atoms with E-state index in [9.17, 15) is 18.9 Å². The van der Waals surface area contributed by atoms with Crippen LogP contribution in [0.2, 0.25) is 0 Å². The molecule has 0 aliphatic carbocycles. The molecule has 8 heteroatoms. The van der Waals surface area contributed by atoms with E-state index in [1.807, 2.05) is 0 Å². The van der Waals surface area contributed by atoms with Gasteiger partial charge in [0.05, 0.1) is 4.92 Å². The molecule has 1 rings (SSSR count). The number of aromatic nitrogens is 1. The van der Waals surface area contributed by atoms with E-state index in [2.05, 4.69) is 4.98 Å². The fourth-order valence-electron chi connectivity index (χ4n) is 1.15. The molecular weight excluding hydrogens is 210 g/mol. The number of hydrogen-bond acceptors (Lipinski definition) is 5. The predicted molar refractivity (Wildman–Crippen MR) is 48.2 cm³/mol. The minimum absolute atomic E-state index is 0.0530. The van der Waals surface area contributed by atoms with Crippen molar-refractivity contribution in [2.24, 2.45) is 5.73 Å². The molecule has 1 aromatic rings. The number of nitrogens with zero attached hydrogens (tertiary/aromatic N) is 2. The summed E-state index contributed by atoms with van der Waals surface area (Å²) in [6.07, 6.45) is -3.06. The van der Waals surface area contributed by atoms with Crippen LogP contribution < -0.4 is 11.5 Å². The smallest absolute Gasteiger partial charge is 0.301 e. The first-order valence-electron chi connectivity index (χ1n) is 3.89. The van der Waals surface area contributed by atoms with Gasteiger partial charge in [0.1, 0.15) is 5.82 Å². The lowest BCUT2D eigenvalue weighted by atomic mass is 10.1. The fraction of sp³-hybridized carbons (Fsp3) is 0.286. The summed E-state index contributed by atoms with van der Waals surface area (Å²) >= 11 is 0. The second kappa shape index (κ2) is 4.13. The van der Waals surface area contributed by atoms with Crippen molar-refractivity contribution in [3.05, 3.63) is 27.4 Å². The van der Waals surface area contributed by atoms with Gasteiger partial charge in [0.15, 0.2) is 5.69 Å². The van der Waals surface area contributed by atoms with Gasteiger partial charge in [-0.15, -0.1) is 0 Å². The maximum atomic E-state index is 12.4. The largest absolute Gasteiger partial charge is 0.384 e. The molecule has 0 aliphatic rings. The molecule has 1 heterocycles. The highest BCUT2D eigenvalue weighted by Crippen LogP contribution is 2.31. The van der Waals surface area contributed by atoms with Gasteiger partial charge >= 0.3 is 5.69 Å². The monoisotopic (exact) mass is 218 g/mol. The minimum Gasteiger partial charge on any atom is -0.384 e. The Labute approximate surface area is 83.0 Å². The normalized spacial score (nSPS) is 10.7. The second-order valence-corrected chi connectivity index (χ2v) is 2.70. The first kappa shape index (κ1) is 11.2. The molecule has 0 amide bonds. The van der Waals surface area contributed by atoms with Crippen molar-refractivity contribution in [3.63, 3.8) is 0 Å². The van der Waals surface area contributed by atoms with Crippen LogP contribution in [0.15, 0.2) is 6.07 Å². The standard InChI is InChI=1S/C7H8F2N4O2/c8-7(9)5-6(13(14)15)3(2-10)1-4(11)12-5/h1,7H,2,10H2,(H2,11,12). The SMILES string of the molecule is NCc1cc(N)nc(C(F)F)c1[N+](=O)[O-]. The molecule has 0 saturated carbocycles. The molecule has 0 aromatic carbocycles. The fourth-order valence-corrected chi connectivity index (χ4v) is 1.15. The van der Waals surface area contributed by atoms with E-state index in [0.717, 1.165) is 6.07 Å². The summed E-state index contributed by atoms with van der Waals surface area (Å²) in [5.41, 5.74) is 8.65. The van der Waals surface area contributed by atoms with E-state index in [1.54, 1.807) is 0 Å². The van der Waals surface area contributed by atoms with E-state index < -0.39 is 22.7 Å². The molecule has 6 nitrogen and oxygen atoms in total. The topological polar surface area (TPSA) is 108 Å². The van der Waals surface area contributed by atoms with Gasteiger partial charge in [0.25, 0.3) is 6.43 Å². The van der Waals surface area contributed by atoms with Crippen LogP contribution in [0.1, 0.15) is 17.7 Å². The Balaban J connectivity index is 3.47. The van der Waals surface area contributed by atoms with Crippen molar-refractivity contribution < 1.29 is 13.7 Å². The number of rotatable bonds is 3. The Bertz CT molecular complexity index is 397. The lowest BCUT2D eigenvalue weighted by Crippen LogP contribution is -2.09. The summed E-state index contributed by atoms with van der Waals surface area (Å²) in [4.78, 5) is 12.9. The van der Waals surface area contributed by atoms with Gasteiger partial charge in [-0.1, -0.05) is 0 Å². The summed E-state index contributed by atoms with van der Waals surface area (Å²) in [7, 11) is 0. The third-order valence-corrected chi connectivity index (χ3v) is 1.73. The number of nitrogen functional groups attached to an aromatic ring is 1. The third kappa shape index (κ3) is 2.15. The zero-order valence-electron chi connectivity index (χ0n) is 7.48.